The number of rotatable bonds is 2. The van der Waals surface area contributed by atoms with Crippen LogP contribution in [0, 0.1) is 5.82 Å². The van der Waals surface area contributed by atoms with Gasteiger partial charge in [0.25, 0.3) is 0 Å². The maximum Gasteiger partial charge on any atom is 0.209 e. The second-order valence-electron chi connectivity index (χ2n) is 3.18. The fourth-order valence-corrected chi connectivity index (χ4v) is 1.44. The topological polar surface area (TPSA) is 38.0 Å². The van der Waals surface area contributed by atoms with Crippen LogP contribution in [0.25, 0.3) is 11.3 Å². The zero-order valence-electron chi connectivity index (χ0n) is 8.31. The van der Waals surface area contributed by atoms with E-state index in [0.29, 0.717) is 17.8 Å². The average molecular weight is 206 g/mol. The molecule has 0 atom stereocenters. The van der Waals surface area contributed by atoms with Gasteiger partial charge in [-0.25, -0.2) is 9.07 Å². The number of nitrogens with zero attached hydrogens (tertiary/aromatic N) is 2. The van der Waals surface area contributed by atoms with Crippen LogP contribution in [-0.2, 0) is 6.54 Å². The molecule has 0 amide bonds. The summed E-state index contributed by atoms with van der Waals surface area (Å²) in [4.78, 5) is 0. The molecule has 0 unspecified atom stereocenters. The van der Waals surface area contributed by atoms with Crippen molar-refractivity contribution >= 4 is 0 Å². The van der Waals surface area contributed by atoms with Crippen LogP contribution in [-0.4, -0.2) is 14.9 Å². The van der Waals surface area contributed by atoms with E-state index in [1.165, 1.54) is 16.8 Å². The first-order valence-electron chi connectivity index (χ1n) is 4.74. The molecule has 4 heteroatoms. The molecule has 1 aromatic heterocycles. The van der Waals surface area contributed by atoms with Crippen LogP contribution in [0.3, 0.4) is 0 Å². The van der Waals surface area contributed by atoms with Crippen LogP contribution >= 0.6 is 0 Å². The maximum atomic E-state index is 13.4. The first kappa shape index (κ1) is 9.71. The van der Waals surface area contributed by atoms with Crippen LogP contribution in [0.4, 0.5) is 4.39 Å². The van der Waals surface area contributed by atoms with Crippen molar-refractivity contribution < 1.29 is 9.50 Å². The van der Waals surface area contributed by atoms with Crippen molar-refractivity contribution in [2.45, 2.75) is 13.5 Å². The molecule has 3 nitrogen and oxygen atoms in total. The van der Waals surface area contributed by atoms with Gasteiger partial charge < -0.3 is 5.11 Å². The predicted molar refractivity (Wildman–Crippen MR) is 55.0 cm³/mol. The molecule has 0 radical (unpaired) electrons. The summed E-state index contributed by atoms with van der Waals surface area (Å²) in [6.45, 7) is 2.41. The lowest BCUT2D eigenvalue weighted by atomic mass is 10.1. The van der Waals surface area contributed by atoms with Crippen LogP contribution in [0.15, 0.2) is 30.3 Å². The van der Waals surface area contributed by atoms with E-state index in [1.807, 2.05) is 6.92 Å². The fraction of sp³-hybridized carbons (Fsp3) is 0.182. The molecule has 0 aliphatic heterocycles. The molecule has 0 aliphatic carbocycles. The third kappa shape index (κ3) is 1.70. The Labute approximate surface area is 86.8 Å². The van der Waals surface area contributed by atoms with Crippen molar-refractivity contribution in [1.82, 2.24) is 9.78 Å². The lowest BCUT2D eigenvalue weighted by Crippen LogP contribution is -1.95. The highest BCUT2D eigenvalue weighted by atomic mass is 19.1. The molecular weight excluding hydrogens is 195 g/mol. The highest BCUT2D eigenvalue weighted by molar-refractivity contribution is 5.60. The normalized spacial score (nSPS) is 10.5. The molecule has 15 heavy (non-hydrogen) atoms. The second-order valence-corrected chi connectivity index (χ2v) is 3.18. The standard InChI is InChI=1S/C11H11FN2O/c1-2-14-11(15)7-10(13-14)8-5-3-4-6-9(8)12/h3-7,15H,2H2,1H3. The lowest BCUT2D eigenvalue weighted by molar-refractivity contribution is 0.405. The number of aromatic hydroxyl groups is 1. The Balaban J connectivity index is 2.50. The molecule has 2 aromatic rings. The van der Waals surface area contributed by atoms with Gasteiger partial charge >= 0.3 is 0 Å². The Hall–Kier alpha value is -1.84. The van der Waals surface area contributed by atoms with Gasteiger partial charge in [0.15, 0.2) is 0 Å². The Morgan fingerprint density at radius 1 is 1.40 bits per heavy atom. The third-order valence-electron chi connectivity index (χ3n) is 2.21. The predicted octanol–water partition coefficient (Wildman–Crippen LogP) is 2.41. The summed E-state index contributed by atoms with van der Waals surface area (Å²) < 4.78 is 14.8. The molecule has 0 aliphatic rings. The molecule has 78 valence electrons. The molecule has 0 spiro atoms. The number of benzene rings is 1. The van der Waals surface area contributed by atoms with Gasteiger partial charge in [-0.05, 0) is 19.1 Å². The van der Waals surface area contributed by atoms with E-state index in [-0.39, 0.29) is 11.7 Å². The smallest absolute Gasteiger partial charge is 0.209 e. The van der Waals surface area contributed by atoms with E-state index >= 15 is 0 Å². The van der Waals surface area contributed by atoms with Crippen LogP contribution in [0.5, 0.6) is 5.88 Å². The Morgan fingerprint density at radius 3 is 2.73 bits per heavy atom. The van der Waals surface area contributed by atoms with Gasteiger partial charge in [-0.1, -0.05) is 12.1 Å². The van der Waals surface area contributed by atoms with E-state index in [9.17, 15) is 9.50 Å². The maximum absolute atomic E-state index is 13.4. The van der Waals surface area contributed by atoms with Crippen molar-refractivity contribution in [1.29, 1.82) is 0 Å². The zero-order chi connectivity index (χ0) is 10.8. The van der Waals surface area contributed by atoms with E-state index < -0.39 is 0 Å². The summed E-state index contributed by atoms with van der Waals surface area (Å²) in [5.74, 6) is -0.283. The second kappa shape index (κ2) is 3.73. The summed E-state index contributed by atoms with van der Waals surface area (Å²) in [6, 6.07) is 7.83. The van der Waals surface area contributed by atoms with Crippen molar-refractivity contribution in [3.8, 4) is 17.1 Å². The van der Waals surface area contributed by atoms with Crippen molar-refractivity contribution in [3.63, 3.8) is 0 Å². The summed E-state index contributed by atoms with van der Waals surface area (Å²) in [7, 11) is 0. The van der Waals surface area contributed by atoms with Crippen molar-refractivity contribution in [2.75, 3.05) is 0 Å². The summed E-state index contributed by atoms with van der Waals surface area (Å²) >= 11 is 0. The number of aromatic nitrogens is 2. The molecule has 1 N–H and O–H groups in total. The van der Waals surface area contributed by atoms with Gasteiger partial charge in [-0.3, -0.25) is 0 Å². The molecule has 1 heterocycles. The quantitative estimate of drug-likeness (QED) is 0.819. The van der Waals surface area contributed by atoms with Crippen LogP contribution in [0.1, 0.15) is 6.92 Å². The van der Waals surface area contributed by atoms with Crippen molar-refractivity contribution in [3.05, 3.63) is 36.1 Å². The van der Waals surface area contributed by atoms with Gasteiger partial charge in [0.2, 0.25) is 5.88 Å². The Bertz CT molecular complexity index is 479. The first-order valence-corrected chi connectivity index (χ1v) is 4.74. The minimum Gasteiger partial charge on any atom is -0.493 e. The van der Waals surface area contributed by atoms with E-state index in [4.69, 9.17) is 0 Å². The average Bonchev–Trinajstić information content (AvgIpc) is 2.60. The van der Waals surface area contributed by atoms with E-state index in [1.54, 1.807) is 18.2 Å². The zero-order valence-corrected chi connectivity index (χ0v) is 8.31. The molecule has 0 saturated carbocycles. The fourth-order valence-electron chi connectivity index (χ4n) is 1.44. The minimum atomic E-state index is -0.335. The van der Waals surface area contributed by atoms with Gasteiger partial charge in [0.1, 0.15) is 5.82 Å². The monoisotopic (exact) mass is 206 g/mol. The SMILES string of the molecule is CCn1nc(-c2ccccc2F)cc1O. The first-order chi connectivity index (χ1) is 7.22. The summed E-state index contributed by atoms with van der Waals surface area (Å²) in [5.41, 5.74) is 0.854. The van der Waals surface area contributed by atoms with Crippen molar-refractivity contribution in [2.24, 2.45) is 0 Å². The Kier molecular flexibility index (Phi) is 2.41. The molecule has 0 bridgehead atoms. The van der Waals surface area contributed by atoms with E-state index in [0.717, 1.165) is 0 Å². The molecule has 2 rings (SSSR count). The molecular formula is C11H11FN2O. The summed E-state index contributed by atoms with van der Waals surface area (Å²) in [5, 5.41) is 13.5. The highest BCUT2D eigenvalue weighted by Gasteiger charge is 2.10. The van der Waals surface area contributed by atoms with Crippen LogP contribution < -0.4 is 0 Å². The number of halogens is 1. The molecule has 1 aromatic carbocycles. The number of hydrogen-bond donors (Lipinski definition) is 1. The molecule has 0 saturated heterocycles. The summed E-state index contributed by atoms with van der Waals surface area (Å²) in [6.07, 6.45) is 0. The highest BCUT2D eigenvalue weighted by Crippen LogP contribution is 2.24. The minimum absolute atomic E-state index is 0.0516. The van der Waals surface area contributed by atoms with Crippen LogP contribution in [0.2, 0.25) is 0 Å². The van der Waals surface area contributed by atoms with Gasteiger partial charge in [0.05, 0.1) is 5.69 Å². The molecule has 0 fully saturated rings. The van der Waals surface area contributed by atoms with Gasteiger partial charge in [-0.15, -0.1) is 0 Å². The largest absolute Gasteiger partial charge is 0.493 e. The lowest BCUT2D eigenvalue weighted by Gasteiger charge is -1.97. The number of hydrogen-bond acceptors (Lipinski definition) is 2. The number of aryl methyl sites for hydroxylation is 1. The third-order valence-corrected chi connectivity index (χ3v) is 2.21. The van der Waals surface area contributed by atoms with E-state index in [2.05, 4.69) is 5.10 Å². The Morgan fingerprint density at radius 2 is 2.13 bits per heavy atom. The van der Waals surface area contributed by atoms with Gasteiger partial charge in [0, 0.05) is 18.2 Å². The van der Waals surface area contributed by atoms with Gasteiger partial charge in [-0.2, -0.15) is 5.10 Å².